The third kappa shape index (κ3) is 4.67. The van der Waals surface area contributed by atoms with E-state index in [-0.39, 0.29) is 31.2 Å². The van der Waals surface area contributed by atoms with Crippen LogP contribution in [0.1, 0.15) is 42.5 Å². The van der Waals surface area contributed by atoms with Gasteiger partial charge in [0.15, 0.2) is 5.82 Å². The second kappa shape index (κ2) is 9.98. The van der Waals surface area contributed by atoms with Crippen molar-refractivity contribution in [2.75, 3.05) is 25.0 Å². The fraction of sp³-hybridized carbons (Fsp3) is 0.400. The molecule has 178 valence electrons. The van der Waals surface area contributed by atoms with E-state index in [2.05, 4.69) is 15.6 Å². The number of fused-ring (bicyclic) bond motifs is 2. The number of benzene rings is 1. The van der Waals surface area contributed by atoms with Crippen molar-refractivity contribution in [2.45, 2.75) is 45.1 Å². The first-order valence-corrected chi connectivity index (χ1v) is 12.9. The van der Waals surface area contributed by atoms with Crippen LogP contribution in [0.15, 0.2) is 24.4 Å². The lowest BCUT2D eigenvalue weighted by molar-refractivity contribution is -0.138. The van der Waals surface area contributed by atoms with Crippen molar-refractivity contribution in [3.05, 3.63) is 45.7 Å². The number of nitrogens with one attached hydrogen (secondary N) is 2. The minimum atomic E-state index is -0.420. The van der Waals surface area contributed by atoms with E-state index in [1.54, 1.807) is 6.07 Å². The van der Waals surface area contributed by atoms with Gasteiger partial charge in [0.1, 0.15) is 0 Å². The van der Waals surface area contributed by atoms with Crippen LogP contribution in [0.2, 0.25) is 5.02 Å². The Kier molecular flexibility index (Phi) is 6.81. The minimum Gasteiger partial charge on any atom is -0.384 e. The first kappa shape index (κ1) is 23.2. The van der Waals surface area contributed by atoms with Crippen LogP contribution >= 0.6 is 22.9 Å². The molecule has 2 fully saturated rings. The quantitative estimate of drug-likeness (QED) is 0.487. The Labute approximate surface area is 206 Å². The summed E-state index contributed by atoms with van der Waals surface area (Å²) in [6, 6.07) is 5.53. The van der Waals surface area contributed by atoms with Gasteiger partial charge < -0.3 is 10.6 Å². The average molecular weight is 501 g/mol. The summed E-state index contributed by atoms with van der Waals surface area (Å²) in [7, 11) is 0. The van der Waals surface area contributed by atoms with Gasteiger partial charge in [-0.2, -0.15) is 0 Å². The molecule has 0 saturated carbocycles. The van der Waals surface area contributed by atoms with E-state index >= 15 is 0 Å². The summed E-state index contributed by atoms with van der Waals surface area (Å²) in [5, 5.41) is 7.18. The molecule has 5 heterocycles. The molecule has 6 nitrogen and oxygen atoms in total. The molecule has 0 aliphatic carbocycles. The number of rotatable bonds is 3. The zero-order valence-corrected chi connectivity index (χ0v) is 20.3. The first-order chi connectivity index (χ1) is 16.5. The number of nitrogens with zero attached hydrogens (tertiary/aromatic N) is 2. The van der Waals surface area contributed by atoms with E-state index in [0.717, 1.165) is 41.1 Å². The van der Waals surface area contributed by atoms with Crippen LogP contribution in [-0.4, -0.2) is 41.3 Å². The van der Waals surface area contributed by atoms with Crippen molar-refractivity contribution < 1.29 is 14.0 Å². The zero-order valence-electron chi connectivity index (χ0n) is 18.8. The second-order valence-electron chi connectivity index (χ2n) is 8.76. The molecular formula is C25H26ClFN4O2S. The molecule has 1 aromatic carbocycles. The molecule has 3 aliphatic rings. The van der Waals surface area contributed by atoms with E-state index in [9.17, 15) is 14.0 Å². The Morgan fingerprint density at radius 3 is 2.50 bits per heavy atom. The molecule has 2 N–H and O–H groups in total. The Hall–Kier alpha value is -2.55. The van der Waals surface area contributed by atoms with Crippen LogP contribution in [0.3, 0.4) is 0 Å². The lowest BCUT2D eigenvalue weighted by Crippen LogP contribution is -2.27. The number of thiophene rings is 1. The number of imide groups is 1. The van der Waals surface area contributed by atoms with E-state index in [1.807, 2.05) is 12.1 Å². The number of anilines is 1. The molecule has 2 amide bonds. The number of aryl methyl sites for hydroxylation is 1. The highest BCUT2D eigenvalue weighted by molar-refractivity contribution is 7.19. The standard InChI is InChI=1S/C21H17ClFN3O2S.C4H9N/c22-12-6-11-2-1-5-24-20(11)14(7-12)19-15(23)9-25-16-8-13(29-21(16)19)10-26-17(27)3-4-18(26)28;1-2-4-5-3-1/h6-9,24H,1-5,10H2;5H,1-4H2. The molecule has 0 spiro atoms. The van der Waals surface area contributed by atoms with Crippen LogP contribution in [0.25, 0.3) is 21.3 Å². The third-order valence-corrected chi connectivity index (χ3v) is 7.70. The van der Waals surface area contributed by atoms with E-state index in [4.69, 9.17) is 11.6 Å². The maximum atomic E-state index is 15.0. The number of carbonyl (C=O) groups is 2. The van der Waals surface area contributed by atoms with Gasteiger partial charge >= 0.3 is 0 Å². The van der Waals surface area contributed by atoms with Gasteiger partial charge in [0.25, 0.3) is 0 Å². The summed E-state index contributed by atoms with van der Waals surface area (Å²) in [6.07, 6.45) is 6.39. The highest BCUT2D eigenvalue weighted by atomic mass is 35.5. The predicted octanol–water partition coefficient (Wildman–Crippen LogP) is 5.13. The van der Waals surface area contributed by atoms with Gasteiger partial charge in [0, 0.05) is 46.1 Å². The molecule has 6 rings (SSSR count). The van der Waals surface area contributed by atoms with Gasteiger partial charge in [-0.1, -0.05) is 11.6 Å². The van der Waals surface area contributed by atoms with Crippen molar-refractivity contribution in [3.8, 4) is 11.1 Å². The Morgan fingerprint density at radius 1 is 1.03 bits per heavy atom. The molecule has 9 heteroatoms. The SMILES string of the molecule is C1CCNC1.O=C1CCC(=O)N1Cc1cc2ncc(F)c(-c3cc(Cl)cc4c3NCCC4)c2s1. The van der Waals surface area contributed by atoms with Crippen molar-refractivity contribution in [1.29, 1.82) is 0 Å². The van der Waals surface area contributed by atoms with Crippen LogP contribution in [-0.2, 0) is 22.6 Å². The van der Waals surface area contributed by atoms with E-state index in [0.29, 0.717) is 20.8 Å². The predicted molar refractivity (Wildman–Crippen MR) is 134 cm³/mol. The Bertz CT molecular complexity index is 1230. The van der Waals surface area contributed by atoms with Gasteiger partial charge in [0.2, 0.25) is 11.8 Å². The number of amides is 2. The molecule has 3 aromatic rings. The number of hydrogen-bond acceptors (Lipinski definition) is 6. The average Bonchev–Trinajstić information content (AvgIpc) is 3.59. The number of aromatic nitrogens is 1. The zero-order chi connectivity index (χ0) is 23.7. The topological polar surface area (TPSA) is 74.3 Å². The van der Waals surface area contributed by atoms with Gasteiger partial charge in [-0.3, -0.25) is 19.5 Å². The molecule has 0 atom stereocenters. The van der Waals surface area contributed by atoms with Crippen LogP contribution in [0.5, 0.6) is 0 Å². The molecular weight excluding hydrogens is 475 g/mol. The van der Waals surface area contributed by atoms with E-state index < -0.39 is 5.82 Å². The molecule has 0 radical (unpaired) electrons. The minimum absolute atomic E-state index is 0.167. The molecule has 0 bridgehead atoms. The summed E-state index contributed by atoms with van der Waals surface area (Å²) in [5.74, 6) is -0.754. The van der Waals surface area contributed by atoms with Gasteiger partial charge in [-0.05, 0) is 62.5 Å². The van der Waals surface area contributed by atoms with Crippen LogP contribution in [0.4, 0.5) is 10.1 Å². The Balaban J connectivity index is 0.000000429. The highest BCUT2D eigenvalue weighted by Gasteiger charge is 2.29. The largest absolute Gasteiger partial charge is 0.384 e. The molecule has 3 aliphatic heterocycles. The van der Waals surface area contributed by atoms with Crippen molar-refractivity contribution in [2.24, 2.45) is 0 Å². The van der Waals surface area contributed by atoms with E-state index in [1.165, 1.54) is 48.4 Å². The van der Waals surface area contributed by atoms with Crippen molar-refractivity contribution >= 4 is 50.7 Å². The first-order valence-electron chi connectivity index (χ1n) is 11.7. The lowest BCUT2D eigenvalue weighted by atomic mass is 9.95. The smallest absolute Gasteiger partial charge is 0.230 e. The summed E-state index contributed by atoms with van der Waals surface area (Å²) in [5.41, 5.74) is 3.81. The van der Waals surface area contributed by atoms with Gasteiger partial charge in [-0.15, -0.1) is 11.3 Å². The summed E-state index contributed by atoms with van der Waals surface area (Å²) in [4.78, 5) is 30.2. The normalized spacial score (nSPS) is 17.5. The number of halogens is 2. The molecule has 2 aromatic heterocycles. The lowest BCUT2D eigenvalue weighted by Gasteiger charge is -2.22. The summed E-state index contributed by atoms with van der Waals surface area (Å²) >= 11 is 7.70. The third-order valence-electron chi connectivity index (χ3n) is 6.35. The fourth-order valence-electron chi connectivity index (χ4n) is 4.67. The van der Waals surface area contributed by atoms with Gasteiger partial charge in [-0.25, -0.2) is 4.39 Å². The molecule has 34 heavy (non-hydrogen) atoms. The maximum Gasteiger partial charge on any atom is 0.230 e. The van der Waals surface area contributed by atoms with Crippen molar-refractivity contribution in [1.82, 2.24) is 15.2 Å². The number of pyridine rings is 1. The number of carbonyl (C=O) groups excluding carboxylic acids is 2. The van der Waals surface area contributed by atoms with Crippen molar-refractivity contribution in [3.63, 3.8) is 0 Å². The molecule has 2 saturated heterocycles. The highest BCUT2D eigenvalue weighted by Crippen LogP contribution is 2.43. The second-order valence-corrected chi connectivity index (χ2v) is 10.3. The number of hydrogen-bond donors (Lipinski definition) is 2. The van der Waals surface area contributed by atoms with Crippen LogP contribution < -0.4 is 10.6 Å². The van der Waals surface area contributed by atoms with Crippen LogP contribution in [0, 0.1) is 5.82 Å². The summed E-state index contributed by atoms with van der Waals surface area (Å²) in [6.45, 7) is 3.53. The number of likely N-dealkylation sites (tertiary alicyclic amines) is 1. The Morgan fingerprint density at radius 2 is 1.79 bits per heavy atom. The summed E-state index contributed by atoms with van der Waals surface area (Å²) < 4.78 is 15.7. The molecule has 0 unspecified atom stereocenters. The monoisotopic (exact) mass is 500 g/mol. The maximum absolute atomic E-state index is 15.0. The fourth-order valence-corrected chi connectivity index (χ4v) is 6.07. The van der Waals surface area contributed by atoms with Gasteiger partial charge in [0.05, 0.1) is 23.0 Å².